The van der Waals surface area contributed by atoms with Crippen LogP contribution in [-0.4, -0.2) is 33.8 Å². The average molecular weight is 374 g/mol. The lowest BCUT2D eigenvalue weighted by atomic mass is 10.2. The minimum absolute atomic E-state index is 0.0549. The third-order valence-electron chi connectivity index (χ3n) is 4.09. The van der Waals surface area contributed by atoms with Crippen molar-refractivity contribution in [2.24, 2.45) is 0 Å². The number of para-hydroxylation sites is 2. The zero-order valence-electron chi connectivity index (χ0n) is 13.7. The third-order valence-corrected chi connectivity index (χ3v) is 4.09. The standard InChI is InChI=1S/C18H13F3N4O2/c19-18(20,21)27-11-5-3-4-10(8-11)25-9-14(26)15(16(25)22)17-23-12-6-1-2-7-13(12)24-17/h1-8,22,26H,9H2,(H,23,24). The van der Waals surface area contributed by atoms with Gasteiger partial charge in [-0.2, -0.15) is 0 Å². The van der Waals surface area contributed by atoms with Gasteiger partial charge in [0.25, 0.3) is 0 Å². The first kappa shape index (κ1) is 17.0. The van der Waals surface area contributed by atoms with Crippen LogP contribution in [0.5, 0.6) is 5.75 Å². The van der Waals surface area contributed by atoms with Gasteiger partial charge in [-0.05, 0) is 24.3 Å². The summed E-state index contributed by atoms with van der Waals surface area (Å²) >= 11 is 0. The zero-order valence-corrected chi connectivity index (χ0v) is 13.7. The molecule has 0 bridgehead atoms. The smallest absolute Gasteiger partial charge is 0.509 e. The van der Waals surface area contributed by atoms with Gasteiger partial charge >= 0.3 is 6.36 Å². The molecule has 0 saturated carbocycles. The molecule has 0 atom stereocenters. The van der Waals surface area contributed by atoms with Crippen LogP contribution in [0.1, 0.15) is 5.82 Å². The summed E-state index contributed by atoms with van der Waals surface area (Å²) in [5.41, 5.74) is 1.92. The highest BCUT2D eigenvalue weighted by atomic mass is 19.4. The molecule has 27 heavy (non-hydrogen) atoms. The molecule has 0 fully saturated rings. The molecule has 1 aromatic heterocycles. The van der Waals surface area contributed by atoms with Crippen molar-refractivity contribution in [3.63, 3.8) is 0 Å². The van der Waals surface area contributed by atoms with Crippen molar-refractivity contribution in [2.75, 3.05) is 11.4 Å². The SMILES string of the molecule is N=C1C(c2nc3ccccc3[nH]2)=C(O)CN1c1cccc(OC(F)(F)F)c1. The van der Waals surface area contributed by atoms with E-state index in [1.165, 1.54) is 23.1 Å². The van der Waals surface area contributed by atoms with Crippen LogP contribution in [0.15, 0.2) is 54.3 Å². The molecule has 0 unspecified atom stereocenters. The maximum atomic E-state index is 12.4. The number of nitrogens with one attached hydrogen (secondary N) is 2. The van der Waals surface area contributed by atoms with Crippen molar-refractivity contribution in [1.29, 1.82) is 5.41 Å². The molecule has 0 aliphatic carbocycles. The summed E-state index contributed by atoms with van der Waals surface area (Å²) in [5, 5.41) is 18.7. The number of ether oxygens (including phenoxy) is 1. The molecule has 138 valence electrons. The second-order valence-corrected chi connectivity index (χ2v) is 5.90. The highest BCUT2D eigenvalue weighted by Crippen LogP contribution is 2.33. The van der Waals surface area contributed by atoms with E-state index in [0.29, 0.717) is 17.0 Å². The number of imidazole rings is 1. The van der Waals surface area contributed by atoms with E-state index in [9.17, 15) is 18.3 Å². The Labute approximate surface area is 151 Å². The number of rotatable bonds is 3. The van der Waals surface area contributed by atoms with Crippen molar-refractivity contribution in [3.8, 4) is 5.75 Å². The Balaban J connectivity index is 1.65. The van der Waals surface area contributed by atoms with Gasteiger partial charge in [-0.25, -0.2) is 4.98 Å². The number of benzene rings is 2. The molecule has 1 aliphatic heterocycles. The van der Waals surface area contributed by atoms with Crippen LogP contribution in [0.4, 0.5) is 18.9 Å². The summed E-state index contributed by atoms with van der Waals surface area (Å²) in [6.45, 7) is -0.0549. The van der Waals surface area contributed by atoms with Crippen molar-refractivity contribution < 1.29 is 23.0 Å². The molecule has 3 N–H and O–H groups in total. The van der Waals surface area contributed by atoms with Gasteiger partial charge in [0.2, 0.25) is 0 Å². The van der Waals surface area contributed by atoms with Crippen molar-refractivity contribution in [1.82, 2.24) is 9.97 Å². The number of aromatic amines is 1. The molecule has 0 amide bonds. The molecule has 2 heterocycles. The Morgan fingerprint density at radius 1 is 1.15 bits per heavy atom. The van der Waals surface area contributed by atoms with E-state index in [2.05, 4.69) is 14.7 Å². The third kappa shape index (κ3) is 3.19. The summed E-state index contributed by atoms with van der Waals surface area (Å²) in [7, 11) is 0. The van der Waals surface area contributed by atoms with Crippen LogP contribution in [-0.2, 0) is 0 Å². The molecule has 3 aromatic rings. The maximum Gasteiger partial charge on any atom is 0.573 e. The largest absolute Gasteiger partial charge is 0.573 e. The number of alkyl halides is 3. The second kappa shape index (κ2) is 6.04. The van der Waals surface area contributed by atoms with Crippen LogP contribution in [0.3, 0.4) is 0 Å². The first-order valence-corrected chi connectivity index (χ1v) is 7.91. The minimum Gasteiger partial charge on any atom is -0.509 e. The molecule has 0 radical (unpaired) electrons. The number of aliphatic hydroxyl groups excluding tert-OH is 1. The molecule has 6 nitrogen and oxygen atoms in total. The van der Waals surface area contributed by atoms with E-state index < -0.39 is 12.1 Å². The number of fused-ring (bicyclic) bond motifs is 1. The van der Waals surface area contributed by atoms with E-state index in [1.807, 2.05) is 18.2 Å². The predicted molar refractivity (Wildman–Crippen MR) is 93.8 cm³/mol. The van der Waals surface area contributed by atoms with Gasteiger partial charge in [-0.15, -0.1) is 13.2 Å². The Morgan fingerprint density at radius 3 is 2.67 bits per heavy atom. The maximum absolute atomic E-state index is 12.4. The van der Waals surface area contributed by atoms with E-state index in [4.69, 9.17) is 5.41 Å². The van der Waals surface area contributed by atoms with Crippen LogP contribution in [0.2, 0.25) is 0 Å². The second-order valence-electron chi connectivity index (χ2n) is 5.90. The lowest BCUT2D eigenvalue weighted by molar-refractivity contribution is -0.274. The normalized spacial score (nSPS) is 15.1. The Hall–Kier alpha value is -3.49. The summed E-state index contributed by atoms with van der Waals surface area (Å²) in [6.07, 6.45) is -4.81. The number of H-pyrrole nitrogens is 1. The van der Waals surface area contributed by atoms with Crippen LogP contribution < -0.4 is 9.64 Å². The van der Waals surface area contributed by atoms with E-state index in [1.54, 1.807) is 6.07 Å². The Kier molecular flexibility index (Phi) is 3.79. The lowest BCUT2D eigenvalue weighted by Gasteiger charge is -2.19. The number of hydrogen-bond acceptors (Lipinski definition) is 4. The van der Waals surface area contributed by atoms with E-state index in [-0.39, 0.29) is 23.7 Å². The predicted octanol–water partition coefficient (Wildman–Crippen LogP) is 4.23. The fourth-order valence-electron chi connectivity index (χ4n) is 2.97. The number of aliphatic hydroxyl groups is 1. The van der Waals surface area contributed by atoms with Crippen molar-refractivity contribution in [2.45, 2.75) is 6.36 Å². The van der Waals surface area contributed by atoms with Crippen molar-refractivity contribution in [3.05, 3.63) is 60.1 Å². The molecule has 0 spiro atoms. The molecular formula is C18H13F3N4O2. The van der Waals surface area contributed by atoms with Gasteiger partial charge in [0.1, 0.15) is 23.2 Å². The first-order valence-electron chi connectivity index (χ1n) is 7.91. The quantitative estimate of drug-likeness (QED) is 0.641. The summed E-state index contributed by atoms with van der Waals surface area (Å²) < 4.78 is 41.2. The highest BCUT2D eigenvalue weighted by Gasteiger charge is 2.33. The van der Waals surface area contributed by atoms with Gasteiger partial charge in [-0.3, -0.25) is 5.41 Å². The molecule has 4 rings (SSSR count). The van der Waals surface area contributed by atoms with Crippen LogP contribution >= 0.6 is 0 Å². The zero-order chi connectivity index (χ0) is 19.2. The lowest BCUT2D eigenvalue weighted by Crippen LogP contribution is -2.26. The van der Waals surface area contributed by atoms with E-state index >= 15 is 0 Å². The Bertz CT molecular complexity index is 1040. The highest BCUT2D eigenvalue weighted by molar-refractivity contribution is 6.30. The van der Waals surface area contributed by atoms with Crippen molar-refractivity contribution >= 4 is 28.1 Å². The van der Waals surface area contributed by atoms with Gasteiger partial charge in [0, 0.05) is 11.8 Å². The van der Waals surface area contributed by atoms with E-state index in [0.717, 1.165) is 11.6 Å². The van der Waals surface area contributed by atoms with Gasteiger partial charge < -0.3 is 19.7 Å². The van der Waals surface area contributed by atoms with Crippen LogP contribution in [0, 0.1) is 5.41 Å². The number of nitrogens with zero attached hydrogens (tertiary/aromatic N) is 2. The molecule has 1 aliphatic rings. The summed E-state index contributed by atoms with van der Waals surface area (Å²) in [5.74, 6) is -0.245. The molecular weight excluding hydrogens is 361 g/mol. The first-order chi connectivity index (χ1) is 12.8. The number of anilines is 1. The molecule has 9 heteroatoms. The average Bonchev–Trinajstić information content (AvgIpc) is 3.13. The minimum atomic E-state index is -4.81. The van der Waals surface area contributed by atoms with Gasteiger partial charge in [-0.1, -0.05) is 18.2 Å². The number of amidine groups is 1. The number of aromatic nitrogens is 2. The summed E-state index contributed by atoms with van der Waals surface area (Å²) in [6, 6.07) is 12.5. The molecule has 2 aromatic carbocycles. The fourth-order valence-corrected chi connectivity index (χ4v) is 2.97. The van der Waals surface area contributed by atoms with Gasteiger partial charge in [0.05, 0.1) is 23.2 Å². The number of halogens is 3. The monoisotopic (exact) mass is 374 g/mol. The fraction of sp³-hybridized carbons (Fsp3) is 0.111. The number of hydrogen-bond donors (Lipinski definition) is 3. The topological polar surface area (TPSA) is 85.2 Å². The Morgan fingerprint density at radius 2 is 1.93 bits per heavy atom. The summed E-state index contributed by atoms with van der Waals surface area (Å²) in [4.78, 5) is 8.79. The van der Waals surface area contributed by atoms with Gasteiger partial charge in [0.15, 0.2) is 0 Å². The van der Waals surface area contributed by atoms with Crippen LogP contribution in [0.25, 0.3) is 16.6 Å². The molecule has 0 saturated heterocycles.